The summed E-state index contributed by atoms with van der Waals surface area (Å²) in [6, 6.07) is 1.74. The van der Waals surface area contributed by atoms with E-state index in [9.17, 15) is 17.2 Å². The minimum Gasteiger partial charge on any atom is -0.392 e. The van der Waals surface area contributed by atoms with Crippen LogP contribution in [0.2, 0.25) is 0 Å². The summed E-state index contributed by atoms with van der Waals surface area (Å²) in [6.45, 7) is 1.68. The maximum absolute atomic E-state index is 13.9. The molecule has 1 atom stereocenters. The minimum absolute atomic E-state index is 0.00720. The van der Waals surface area contributed by atoms with Crippen LogP contribution in [0.3, 0.4) is 0 Å². The van der Waals surface area contributed by atoms with Gasteiger partial charge in [0.25, 0.3) is 0 Å². The zero-order valence-corrected chi connectivity index (χ0v) is 12.4. The largest absolute Gasteiger partial charge is 0.392 e. The van der Waals surface area contributed by atoms with E-state index in [4.69, 9.17) is 9.84 Å². The molecule has 8 heteroatoms. The highest BCUT2D eigenvalue weighted by Gasteiger charge is 2.33. The van der Waals surface area contributed by atoms with Crippen LogP contribution in [0.4, 0.5) is 8.78 Å². The van der Waals surface area contributed by atoms with Crippen LogP contribution in [-0.2, 0) is 21.4 Å². The third-order valence-corrected chi connectivity index (χ3v) is 5.28. The summed E-state index contributed by atoms with van der Waals surface area (Å²) in [5.41, 5.74) is 0.00720. The van der Waals surface area contributed by atoms with E-state index >= 15 is 0 Å². The van der Waals surface area contributed by atoms with Crippen molar-refractivity contribution in [2.24, 2.45) is 0 Å². The number of sulfonamides is 1. The summed E-state index contributed by atoms with van der Waals surface area (Å²) < 4.78 is 58.7. The van der Waals surface area contributed by atoms with Crippen LogP contribution < -0.4 is 0 Å². The Labute approximate surface area is 122 Å². The highest BCUT2D eigenvalue weighted by Crippen LogP contribution is 2.25. The van der Waals surface area contributed by atoms with Gasteiger partial charge in [-0.1, -0.05) is 6.92 Å². The van der Waals surface area contributed by atoms with Gasteiger partial charge in [0.05, 0.1) is 19.3 Å². The van der Waals surface area contributed by atoms with Gasteiger partial charge in [-0.05, 0) is 24.1 Å². The van der Waals surface area contributed by atoms with Crippen molar-refractivity contribution < 1.29 is 27.0 Å². The molecule has 0 aromatic heterocycles. The summed E-state index contributed by atoms with van der Waals surface area (Å²) in [5, 5.41) is 9.02. The molecule has 1 aliphatic heterocycles. The SMILES string of the molecule is CCC1CN(S(=O)(=O)c2cc(CO)cc(F)c2F)CCO1. The third-order valence-electron chi connectivity index (χ3n) is 3.41. The van der Waals surface area contributed by atoms with Crippen LogP contribution in [0.1, 0.15) is 18.9 Å². The molecule has 1 unspecified atom stereocenters. The van der Waals surface area contributed by atoms with Crippen LogP contribution in [0, 0.1) is 11.6 Å². The Balaban J connectivity index is 2.41. The standard InChI is InChI=1S/C13H17F2NO4S/c1-2-10-7-16(3-4-20-10)21(18,19)12-6-9(8-17)5-11(14)13(12)15/h5-6,10,17H,2-4,7-8H2,1H3. The van der Waals surface area contributed by atoms with Gasteiger partial charge < -0.3 is 9.84 Å². The van der Waals surface area contributed by atoms with Gasteiger partial charge in [-0.3, -0.25) is 0 Å². The van der Waals surface area contributed by atoms with Gasteiger partial charge in [0.2, 0.25) is 10.0 Å². The number of halogens is 2. The molecular weight excluding hydrogens is 304 g/mol. The first-order valence-corrected chi connectivity index (χ1v) is 8.04. The normalized spacial score (nSPS) is 20.7. The highest BCUT2D eigenvalue weighted by molar-refractivity contribution is 7.89. The van der Waals surface area contributed by atoms with Crippen molar-refractivity contribution in [1.29, 1.82) is 0 Å². The van der Waals surface area contributed by atoms with E-state index in [1.807, 2.05) is 6.92 Å². The smallest absolute Gasteiger partial charge is 0.246 e. The predicted molar refractivity (Wildman–Crippen MR) is 71.1 cm³/mol. The van der Waals surface area contributed by atoms with Crippen molar-refractivity contribution in [2.45, 2.75) is 31.0 Å². The lowest BCUT2D eigenvalue weighted by atomic mass is 10.2. The van der Waals surface area contributed by atoms with E-state index in [2.05, 4.69) is 0 Å². The molecule has 1 aromatic carbocycles. The topological polar surface area (TPSA) is 66.8 Å². The maximum atomic E-state index is 13.9. The van der Waals surface area contributed by atoms with Gasteiger partial charge in [0.1, 0.15) is 4.90 Å². The zero-order valence-electron chi connectivity index (χ0n) is 11.6. The molecule has 1 heterocycles. The van der Waals surface area contributed by atoms with Gasteiger partial charge in [0, 0.05) is 13.1 Å². The molecule has 0 radical (unpaired) electrons. The number of hydrogen-bond donors (Lipinski definition) is 1. The Morgan fingerprint density at radius 3 is 2.76 bits per heavy atom. The summed E-state index contributed by atoms with van der Waals surface area (Å²) in [6.07, 6.45) is 0.363. The summed E-state index contributed by atoms with van der Waals surface area (Å²) in [4.78, 5) is -0.747. The number of ether oxygens (including phenoxy) is 1. The van der Waals surface area contributed by atoms with Gasteiger partial charge in [-0.25, -0.2) is 17.2 Å². The quantitative estimate of drug-likeness (QED) is 0.906. The molecule has 1 saturated heterocycles. The molecule has 2 rings (SSSR count). The lowest BCUT2D eigenvalue weighted by molar-refractivity contribution is -0.00284. The van der Waals surface area contributed by atoms with Crippen LogP contribution >= 0.6 is 0 Å². The Kier molecular flexibility index (Phi) is 4.92. The van der Waals surface area contributed by atoms with Crippen molar-refractivity contribution >= 4 is 10.0 Å². The second-order valence-electron chi connectivity index (χ2n) is 4.81. The molecule has 0 amide bonds. The number of aliphatic hydroxyl groups is 1. The van der Waals surface area contributed by atoms with Crippen molar-refractivity contribution in [2.75, 3.05) is 19.7 Å². The van der Waals surface area contributed by atoms with Crippen LogP contribution in [-0.4, -0.2) is 43.6 Å². The number of nitrogens with zero attached hydrogens (tertiary/aromatic N) is 1. The fraction of sp³-hybridized carbons (Fsp3) is 0.538. The summed E-state index contributed by atoms with van der Waals surface area (Å²) >= 11 is 0. The fourth-order valence-corrected chi connectivity index (χ4v) is 3.77. The lowest BCUT2D eigenvalue weighted by Gasteiger charge is -2.31. The average Bonchev–Trinajstić information content (AvgIpc) is 2.49. The van der Waals surface area contributed by atoms with E-state index in [1.165, 1.54) is 0 Å². The van der Waals surface area contributed by atoms with Gasteiger partial charge in [0.15, 0.2) is 11.6 Å². The van der Waals surface area contributed by atoms with Gasteiger partial charge in [-0.15, -0.1) is 0 Å². The van der Waals surface area contributed by atoms with E-state index < -0.39 is 33.2 Å². The Hall–Kier alpha value is -1.09. The van der Waals surface area contributed by atoms with Crippen molar-refractivity contribution in [3.05, 3.63) is 29.3 Å². The molecule has 1 aliphatic rings. The van der Waals surface area contributed by atoms with E-state index in [1.54, 1.807) is 0 Å². The predicted octanol–water partition coefficient (Wildman–Crippen LogP) is 1.26. The first kappa shape index (κ1) is 16.3. The van der Waals surface area contributed by atoms with Crippen molar-refractivity contribution in [3.8, 4) is 0 Å². The molecule has 21 heavy (non-hydrogen) atoms. The van der Waals surface area contributed by atoms with E-state index in [-0.39, 0.29) is 31.4 Å². The monoisotopic (exact) mass is 321 g/mol. The van der Waals surface area contributed by atoms with Gasteiger partial charge >= 0.3 is 0 Å². The second-order valence-corrected chi connectivity index (χ2v) is 6.72. The summed E-state index contributed by atoms with van der Waals surface area (Å²) in [5.74, 6) is -2.72. The number of rotatable bonds is 4. The molecule has 1 N–H and O–H groups in total. The molecule has 0 aliphatic carbocycles. The Bertz CT molecular complexity index is 621. The van der Waals surface area contributed by atoms with E-state index in [0.717, 1.165) is 16.4 Å². The molecule has 118 valence electrons. The van der Waals surface area contributed by atoms with Crippen LogP contribution in [0.15, 0.2) is 17.0 Å². The molecule has 0 saturated carbocycles. The Morgan fingerprint density at radius 2 is 2.14 bits per heavy atom. The molecular formula is C13H17F2NO4S. The average molecular weight is 321 g/mol. The number of benzene rings is 1. The van der Waals surface area contributed by atoms with Crippen LogP contribution in [0.5, 0.6) is 0 Å². The molecule has 5 nitrogen and oxygen atoms in total. The molecule has 1 fully saturated rings. The Morgan fingerprint density at radius 1 is 1.43 bits per heavy atom. The minimum atomic E-state index is -4.16. The molecule has 0 bridgehead atoms. The van der Waals surface area contributed by atoms with Gasteiger partial charge in [-0.2, -0.15) is 4.31 Å². The van der Waals surface area contributed by atoms with Crippen molar-refractivity contribution in [3.63, 3.8) is 0 Å². The first-order valence-electron chi connectivity index (χ1n) is 6.60. The first-order chi connectivity index (χ1) is 9.90. The number of aliphatic hydroxyl groups excluding tert-OH is 1. The fourth-order valence-electron chi connectivity index (χ4n) is 2.19. The summed E-state index contributed by atoms with van der Waals surface area (Å²) in [7, 11) is -4.16. The maximum Gasteiger partial charge on any atom is 0.246 e. The van der Waals surface area contributed by atoms with E-state index in [0.29, 0.717) is 6.42 Å². The second kappa shape index (κ2) is 6.35. The number of morpholine rings is 1. The lowest BCUT2D eigenvalue weighted by Crippen LogP contribution is -2.45. The zero-order chi connectivity index (χ0) is 15.6. The third kappa shape index (κ3) is 3.23. The van der Waals surface area contributed by atoms with Crippen molar-refractivity contribution in [1.82, 2.24) is 4.31 Å². The number of hydrogen-bond acceptors (Lipinski definition) is 4. The highest BCUT2D eigenvalue weighted by atomic mass is 32.2. The molecule has 0 spiro atoms. The molecule has 1 aromatic rings. The van der Waals surface area contributed by atoms with Crippen LogP contribution in [0.25, 0.3) is 0 Å².